The molecule has 0 atom stereocenters. The summed E-state index contributed by atoms with van der Waals surface area (Å²) >= 11 is 0. The van der Waals surface area contributed by atoms with Gasteiger partial charge in [0, 0.05) is 11.4 Å². The summed E-state index contributed by atoms with van der Waals surface area (Å²) in [6.45, 7) is 9.31. The van der Waals surface area contributed by atoms with Gasteiger partial charge in [0.05, 0.1) is 0 Å². The van der Waals surface area contributed by atoms with Gasteiger partial charge in [-0.1, -0.05) is 37.5 Å². The first-order valence-electron chi connectivity index (χ1n) is 6.79. The van der Waals surface area contributed by atoms with Gasteiger partial charge in [0.2, 0.25) is 11.9 Å². The molecule has 2 N–H and O–H groups in total. The van der Waals surface area contributed by atoms with Crippen molar-refractivity contribution >= 4 is 11.9 Å². The van der Waals surface area contributed by atoms with E-state index in [0.717, 1.165) is 18.5 Å². The molecule has 1 aliphatic carbocycles. The van der Waals surface area contributed by atoms with Gasteiger partial charge in [0.15, 0.2) is 0 Å². The summed E-state index contributed by atoms with van der Waals surface area (Å²) in [4.78, 5) is 12.9. The summed E-state index contributed by atoms with van der Waals surface area (Å²) in [6.07, 6.45) is 13.6. The number of hydrogen-bond acceptors (Lipinski definition) is 5. The van der Waals surface area contributed by atoms with E-state index < -0.39 is 0 Å². The maximum absolute atomic E-state index is 4.34. The molecule has 0 aliphatic heterocycles. The number of hydrogen-bond donors (Lipinski definition) is 2. The lowest BCUT2D eigenvalue weighted by molar-refractivity contribution is 0.971. The fraction of sp³-hybridized carbons (Fsp3) is 0.188. The zero-order chi connectivity index (χ0) is 15.1. The Bertz CT molecular complexity index is 626. The summed E-state index contributed by atoms with van der Waals surface area (Å²) < 4.78 is 0. The Morgan fingerprint density at radius 1 is 1.24 bits per heavy atom. The molecule has 1 aromatic heterocycles. The van der Waals surface area contributed by atoms with Crippen molar-refractivity contribution in [3.8, 4) is 0 Å². The first-order valence-corrected chi connectivity index (χ1v) is 6.79. The highest BCUT2D eigenvalue weighted by atomic mass is 15.2. The monoisotopic (exact) mass is 281 g/mol. The molecule has 108 valence electrons. The summed E-state index contributed by atoms with van der Waals surface area (Å²) in [6, 6.07) is 0. The molecule has 2 rings (SSSR count). The molecule has 1 aromatic rings. The van der Waals surface area contributed by atoms with Gasteiger partial charge < -0.3 is 10.6 Å². The van der Waals surface area contributed by atoms with Crippen LogP contribution >= 0.6 is 0 Å². The number of anilines is 2. The summed E-state index contributed by atoms with van der Waals surface area (Å²) in [7, 11) is 0. The van der Waals surface area contributed by atoms with Crippen LogP contribution in [0.5, 0.6) is 0 Å². The van der Waals surface area contributed by atoms with Crippen LogP contribution in [0.25, 0.3) is 0 Å². The van der Waals surface area contributed by atoms with E-state index in [4.69, 9.17) is 0 Å². The molecule has 0 aromatic carbocycles. The molecular weight excluding hydrogens is 262 g/mol. The SMILES string of the molecule is C=C/C=C\C(=C)Nc1nc(C)nc(NC2=CCCC=C2)n1. The summed E-state index contributed by atoms with van der Waals surface area (Å²) in [5.41, 5.74) is 1.69. The van der Waals surface area contributed by atoms with Crippen LogP contribution in [0, 0.1) is 6.92 Å². The predicted octanol–water partition coefficient (Wildman–Crippen LogP) is 3.49. The molecule has 0 bridgehead atoms. The van der Waals surface area contributed by atoms with Crippen LogP contribution in [0.3, 0.4) is 0 Å². The first kappa shape index (κ1) is 14.7. The van der Waals surface area contributed by atoms with Gasteiger partial charge in [-0.2, -0.15) is 15.0 Å². The first-order chi connectivity index (χ1) is 10.2. The van der Waals surface area contributed by atoms with Crippen LogP contribution in [-0.4, -0.2) is 15.0 Å². The van der Waals surface area contributed by atoms with Crippen molar-refractivity contribution in [3.05, 3.63) is 66.8 Å². The van der Waals surface area contributed by atoms with Crippen molar-refractivity contribution in [3.63, 3.8) is 0 Å². The molecule has 0 spiro atoms. The van der Waals surface area contributed by atoms with E-state index in [-0.39, 0.29) is 0 Å². The number of rotatable bonds is 6. The van der Waals surface area contributed by atoms with Crippen molar-refractivity contribution in [2.24, 2.45) is 0 Å². The molecule has 0 amide bonds. The van der Waals surface area contributed by atoms with Crippen LogP contribution in [0.15, 0.2) is 61.0 Å². The van der Waals surface area contributed by atoms with Crippen LogP contribution in [-0.2, 0) is 0 Å². The highest BCUT2D eigenvalue weighted by Gasteiger charge is 2.05. The van der Waals surface area contributed by atoms with E-state index in [0.29, 0.717) is 23.4 Å². The van der Waals surface area contributed by atoms with Crippen LogP contribution < -0.4 is 10.6 Å². The van der Waals surface area contributed by atoms with Gasteiger partial charge in [0.1, 0.15) is 5.82 Å². The maximum atomic E-state index is 4.34. The van der Waals surface area contributed by atoms with Crippen molar-refractivity contribution in [2.75, 3.05) is 10.6 Å². The number of nitrogens with one attached hydrogen (secondary N) is 2. The molecule has 0 saturated heterocycles. The van der Waals surface area contributed by atoms with Gasteiger partial charge in [-0.3, -0.25) is 0 Å². The lowest BCUT2D eigenvalue weighted by Crippen LogP contribution is -2.09. The zero-order valence-electron chi connectivity index (χ0n) is 12.1. The molecule has 21 heavy (non-hydrogen) atoms. The number of aryl methyl sites for hydroxylation is 1. The van der Waals surface area contributed by atoms with Gasteiger partial charge in [-0.05, 0) is 31.9 Å². The van der Waals surface area contributed by atoms with Crippen molar-refractivity contribution < 1.29 is 0 Å². The third-order valence-corrected chi connectivity index (χ3v) is 2.70. The third kappa shape index (κ3) is 4.72. The van der Waals surface area contributed by atoms with E-state index in [9.17, 15) is 0 Å². The minimum Gasteiger partial charge on any atom is -0.325 e. The van der Waals surface area contributed by atoms with Crippen LogP contribution in [0.2, 0.25) is 0 Å². The fourth-order valence-corrected chi connectivity index (χ4v) is 1.80. The molecule has 0 fully saturated rings. The number of nitrogens with zero attached hydrogens (tertiary/aromatic N) is 3. The largest absolute Gasteiger partial charge is 0.325 e. The van der Waals surface area contributed by atoms with E-state index in [1.807, 2.05) is 13.0 Å². The fourth-order valence-electron chi connectivity index (χ4n) is 1.80. The second kappa shape index (κ2) is 7.19. The quantitative estimate of drug-likeness (QED) is 0.781. The molecule has 5 heteroatoms. The van der Waals surface area contributed by atoms with Crippen molar-refractivity contribution in [2.45, 2.75) is 19.8 Å². The lowest BCUT2D eigenvalue weighted by Gasteiger charge is -2.11. The molecule has 1 heterocycles. The van der Waals surface area contributed by atoms with Crippen molar-refractivity contribution in [1.82, 2.24) is 15.0 Å². The van der Waals surface area contributed by atoms with E-state index >= 15 is 0 Å². The molecule has 0 saturated carbocycles. The predicted molar refractivity (Wildman–Crippen MR) is 86.7 cm³/mol. The third-order valence-electron chi connectivity index (χ3n) is 2.70. The normalized spacial score (nSPS) is 13.9. The molecular formula is C16H19N5. The standard InChI is InChI=1S/C16H19N5/c1-4-5-9-12(2)17-15-18-13(3)19-16(21-15)20-14-10-7-6-8-11-14/h4-5,7,9-11H,1-2,6,8H2,3H3,(H2,17,18,19,20,21)/b9-5-. The topological polar surface area (TPSA) is 62.7 Å². The summed E-state index contributed by atoms with van der Waals surface area (Å²) in [5, 5.41) is 6.21. The Kier molecular flexibility index (Phi) is 5.04. The van der Waals surface area contributed by atoms with Gasteiger partial charge in [0.25, 0.3) is 0 Å². The Labute approximate surface area is 124 Å². The van der Waals surface area contributed by atoms with E-state index in [1.165, 1.54) is 0 Å². The van der Waals surface area contributed by atoms with Crippen LogP contribution in [0.1, 0.15) is 18.7 Å². The smallest absolute Gasteiger partial charge is 0.232 e. The Balaban J connectivity index is 2.11. The molecule has 5 nitrogen and oxygen atoms in total. The maximum Gasteiger partial charge on any atom is 0.232 e. The Morgan fingerprint density at radius 3 is 2.76 bits per heavy atom. The summed E-state index contributed by atoms with van der Waals surface area (Å²) in [5.74, 6) is 1.61. The molecule has 0 radical (unpaired) electrons. The zero-order valence-corrected chi connectivity index (χ0v) is 12.1. The Morgan fingerprint density at radius 2 is 2.05 bits per heavy atom. The van der Waals surface area contributed by atoms with Crippen LogP contribution in [0.4, 0.5) is 11.9 Å². The van der Waals surface area contributed by atoms with Gasteiger partial charge >= 0.3 is 0 Å². The van der Waals surface area contributed by atoms with Crippen molar-refractivity contribution in [1.29, 1.82) is 0 Å². The van der Waals surface area contributed by atoms with Gasteiger partial charge in [-0.25, -0.2) is 0 Å². The van der Waals surface area contributed by atoms with E-state index in [2.05, 4.69) is 50.9 Å². The number of aromatic nitrogens is 3. The average molecular weight is 281 g/mol. The van der Waals surface area contributed by atoms with E-state index in [1.54, 1.807) is 18.2 Å². The van der Waals surface area contributed by atoms with Gasteiger partial charge in [-0.15, -0.1) is 0 Å². The number of allylic oxidation sites excluding steroid dienone is 6. The highest BCUT2D eigenvalue weighted by molar-refractivity contribution is 5.46. The minimum atomic E-state index is 0.462. The lowest BCUT2D eigenvalue weighted by atomic mass is 10.1. The second-order valence-electron chi connectivity index (χ2n) is 4.54. The highest BCUT2D eigenvalue weighted by Crippen LogP contribution is 2.13. The second-order valence-corrected chi connectivity index (χ2v) is 4.54. The molecule has 1 aliphatic rings. The Hall–Kier alpha value is -2.69. The average Bonchev–Trinajstić information content (AvgIpc) is 2.45. The molecule has 0 unspecified atom stereocenters. The minimum absolute atomic E-state index is 0.462.